The minimum Gasteiger partial charge on any atom is -0.385 e. The normalized spacial score (nSPS) is 35.2. The molecule has 1 N–H and O–H groups in total. The average molecular weight is 307 g/mol. The van der Waals surface area contributed by atoms with Gasteiger partial charge < -0.3 is 5.11 Å². The standard InChI is InChI=1S/C16H18FNO2S/c17-15-8-11(6-7-18)4-5-14(15)16(19)9-12-2-1-3-13(10-16)21(12)20/h4-5,8,12-13,19H,1-3,6,9-10H2. The minimum atomic E-state index is -1.22. The van der Waals surface area contributed by atoms with E-state index >= 15 is 0 Å². The van der Waals surface area contributed by atoms with Crippen molar-refractivity contribution in [3.8, 4) is 6.07 Å². The Morgan fingerprint density at radius 2 is 2.05 bits per heavy atom. The van der Waals surface area contributed by atoms with Crippen molar-refractivity contribution in [1.29, 1.82) is 5.26 Å². The first-order valence-electron chi connectivity index (χ1n) is 7.31. The maximum atomic E-state index is 14.3. The monoisotopic (exact) mass is 307 g/mol. The van der Waals surface area contributed by atoms with E-state index in [2.05, 4.69) is 0 Å². The third-order valence-electron chi connectivity index (χ3n) is 4.66. The lowest BCUT2D eigenvalue weighted by atomic mass is 9.80. The van der Waals surface area contributed by atoms with Gasteiger partial charge in [-0.3, -0.25) is 4.21 Å². The lowest BCUT2D eigenvalue weighted by molar-refractivity contribution is 0.00336. The Hall–Kier alpha value is -1.25. The lowest BCUT2D eigenvalue weighted by Crippen LogP contribution is -2.47. The quantitative estimate of drug-likeness (QED) is 0.913. The second-order valence-corrected chi connectivity index (χ2v) is 8.08. The van der Waals surface area contributed by atoms with Gasteiger partial charge in [0.05, 0.1) is 18.1 Å². The van der Waals surface area contributed by atoms with Crippen LogP contribution in [0.5, 0.6) is 0 Å². The van der Waals surface area contributed by atoms with E-state index in [0.717, 1.165) is 19.3 Å². The fourth-order valence-electron chi connectivity index (χ4n) is 3.64. The molecule has 2 atom stereocenters. The van der Waals surface area contributed by atoms with Crippen LogP contribution in [0.4, 0.5) is 4.39 Å². The molecule has 0 saturated carbocycles. The van der Waals surface area contributed by atoms with E-state index in [-0.39, 0.29) is 22.5 Å². The molecule has 1 aromatic rings. The number of hydrogen-bond donors (Lipinski definition) is 1. The summed E-state index contributed by atoms with van der Waals surface area (Å²) in [4.78, 5) is 0. The van der Waals surface area contributed by atoms with E-state index in [9.17, 15) is 13.7 Å². The fraction of sp³-hybridized carbons (Fsp3) is 0.562. The average Bonchev–Trinajstić information content (AvgIpc) is 2.41. The molecule has 0 spiro atoms. The van der Waals surface area contributed by atoms with Crippen LogP contribution in [0, 0.1) is 17.1 Å². The number of aliphatic hydroxyl groups is 1. The lowest BCUT2D eigenvalue weighted by Gasteiger charge is -2.43. The Morgan fingerprint density at radius 3 is 2.62 bits per heavy atom. The summed E-state index contributed by atoms with van der Waals surface area (Å²) in [5.74, 6) is -0.462. The molecule has 0 radical (unpaired) electrons. The van der Waals surface area contributed by atoms with E-state index in [1.165, 1.54) is 6.07 Å². The van der Waals surface area contributed by atoms with E-state index in [4.69, 9.17) is 5.26 Å². The van der Waals surface area contributed by atoms with Crippen LogP contribution in [0.3, 0.4) is 0 Å². The van der Waals surface area contributed by atoms with Crippen LogP contribution in [0.2, 0.25) is 0 Å². The van der Waals surface area contributed by atoms with Crippen LogP contribution in [-0.2, 0) is 22.8 Å². The summed E-state index contributed by atoms with van der Waals surface area (Å²) in [5.41, 5.74) is -0.321. The van der Waals surface area contributed by atoms with Gasteiger partial charge in [0.25, 0.3) is 0 Å². The van der Waals surface area contributed by atoms with Crippen molar-refractivity contribution in [2.75, 3.05) is 0 Å². The minimum absolute atomic E-state index is 0.0271. The molecule has 2 bridgehead atoms. The van der Waals surface area contributed by atoms with Crippen molar-refractivity contribution in [2.45, 2.75) is 54.6 Å². The molecular formula is C16H18FNO2S. The molecule has 2 saturated heterocycles. The summed E-state index contributed by atoms with van der Waals surface area (Å²) in [6.07, 6.45) is 3.63. The van der Waals surface area contributed by atoms with Gasteiger partial charge in [-0.25, -0.2) is 4.39 Å². The van der Waals surface area contributed by atoms with Gasteiger partial charge >= 0.3 is 0 Å². The summed E-state index contributed by atoms with van der Waals surface area (Å²) in [5, 5.41) is 19.5. The molecule has 0 aliphatic carbocycles. The Labute approximate surface area is 126 Å². The number of rotatable bonds is 2. The van der Waals surface area contributed by atoms with Gasteiger partial charge in [-0.1, -0.05) is 18.6 Å². The highest BCUT2D eigenvalue weighted by Crippen LogP contribution is 2.45. The second-order valence-electron chi connectivity index (χ2n) is 6.09. The highest BCUT2D eigenvalue weighted by atomic mass is 32.2. The van der Waals surface area contributed by atoms with Crippen LogP contribution >= 0.6 is 0 Å². The number of halogens is 1. The SMILES string of the molecule is N#CCc1ccc(C2(O)CC3CCCC(C2)S3=O)c(F)c1. The summed E-state index contributed by atoms with van der Waals surface area (Å²) in [7, 11) is -0.896. The zero-order chi connectivity index (χ0) is 15.0. The van der Waals surface area contributed by atoms with Crippen LogP contribution < -0.4 is 0 Å². The number of nitriles is 1. The number of nitrogens with zero attached hydrogens (tertiary/aromatic N) is 1. The van der Waals surface area contributed by atoms with Crippen molar-refractivity contribution in [2.24, 2.45) is 0 Å². The summed E-state index contributed by atoms with van der Waals surface area (Å²) < 4.78 is 26.6. The zero-order valence-corrected chi connectivity index (χ0v) is 12.5. The Bertz CT molecular complexity index is 609. The molecule has 2 aliphatic heterocycles. The first kappa shape index (κ1) is 14.7. The van der Waals surface area contributed by atoms with Crippen molar-refractivity contribution >= 4 is 10.8 Å². The molecule has 2 heterocycles. The van der Waals surface area contributed by atoms with Gasteiger partial charge in [-0.05, 0) is 37.3 Å². The van der Waals surface area contributed by atoms with E-state index in [0.29, 0.717) is 18.4 Å². The summed E-state index contributed by atoms with van der Waals surface area (Å²) in [6.45, 7) is 0. The molecule has 3 nitrogen and oxygen atoms in total. The molecule has 0 amide bonds. The van der Waals surface area contributed by atoms with Crippen LogP contribution in [0.15, 0.2) is 18.2 Å². The number of hydrogen-bond acceptors (Lipinski definition) is 3. The molecule has 2 unspecified atom stereocenters. The summed E-state index contributed by atoms with van der Waals surface area (Å²) >= 11 is 0. The Morgan fingerprint density at radius 1 is 1.38 bits per heavy atom. The molecule has 0 aromatic heterocycles. The predicted octanol–water partition coefficient (Wildman–Crippen LogP) is 2.54. The highest BCUT2D eigenvalue weighted by Gasteiger charge is 2.47. The molecule has 112 valence electrons. The summed E-state index contributed by atoms with van der Waals surface area (Å²) in [6, 6.07) is 6.60. The predicted molar refractivity (Wildman–Crippen MR) is 78.4 cm³/mol. The fourth-order valence-corrected chi connectivity index (χ4v) is 5.86. The Balaban J connectivity index is 1.92. The maximum absolute atomic E-state index is 14.3. The van der Waals surface area contributed by atoms with Crippen molar-refractivity contribution in [3.05, 3.63) is 35.1 Å². The van der Waals surface area contributed by atoms with E-state index in [1.807, 2.05) is 6.07 Å². The smallest absolute Gasteiger partial charge is 0.129 e. The Kier molecular flexibility index (Phi) is 3.85. The molecule has 2 fully saturated rings. The highest BCUT2D eigenvalue weighted by molar-refractivity contribution is 7.86. The number of benzene rings is 1. The van der Waals surface area contributed by atoms with Crippen molar-refractivity contribution in [3.63, 3.8) is 0 Å². The van der Waals surface area contributed by atoms with Gasteiger partial charge in [0.1, 0.15) is 5.82 Å². The van der Waals surface area contributed by atoms with Crippen molar-refractivity contribution < 1.29 is 13.7 Å². The topological polar surface area (TPSA) is 61.1 Å². The third kappa shape index (κ3) is 2.63. The maximum Gasteiger partial charge on any atom is 0.129 e. The van der Waals surface area contributed by atoms with Crippen LogP contribution in [0.25, 0.3) is 0 Å². The molecule has 5 heteroatoms. The first-order chi connectivity index (χ1) is 10.0. The molecule has 2 aliphatic rings. The van der Waals surface area contributed by atoms with Gasteiger partial charge in [-0.2, -0.15) is 5.26 Å². The zero-order valence-electron chi connectivity index (χ0n) is 11.7. The molecule has 3 rings (SSSR count). The van der Waals surface area contributed by atoms with Gasteiger partial charge in [0.2, 0.25) is 0 Å². The van der Waals surface area contributed by atoms with Crippen LogP contribution in [-0.4, -0.2) is 19.8 Å². The van der Waals surface area contributed by atoms with E-state index in [1.54, 1.807) is 12.1 Å². The van der Waals surface area contributed by atoms with Crippen molar-refractivity contribution in [1.82, 2.24) is 0 Å². The number of fused-ring (bicyclic) bond motifs is 2. The van der Waals surface area contributed by atoms with Gasteiger partial charge in [0, 0.05) is 26.9 Å². The molecule has 1 aromatic carbocycles. The molecule has 21 heavy (non-hydrogen) atoms. The molecular weight excluding hydrogens is 289 g/mol. The van der Waals surface area contributed by atoms with Gasteiger partial charge in [0.15, 0.2) is 0 Å². The first-order valence-corrected chi connectivity index (χ1v) is 8.59. The van der Waals surface area contributed by atoms with Gasteiger partial charge in [-0.15, -0.1) is 0 Å². The third-order valence-corrected chi connectivity index (χ3v) is 6.78. The second kappa shape index (κ2) is 5.51. The van der Waals surface area contributed by atoms with Crippen LogP contribution in [0.1, 0.15) is 43.2 Å². The van der Waals surface area contributed by atoms with E-state index < -0.39 is 22.2 Å². The largest absolute Gasteiger partial charge is 0.385 e.